The van der Waals surface area contributed by atoms with Gasteiger partial charge < -0.3 is 10.6 Å². The molecule has 29 heavy (non-hydrogen) atoms. The van der Waals surface area contributed by atoms with Crippen LogP contribution in [0.25, 0.3) is 0 Å². The summed E-state index contributed by atoms with van der Waals surface area (Å²) in [6, 6.07) is 15.3. The number of nitrogens with zero attached hydrogens (tertiary/aromatic N) is 3. The van der Waals surface area contributed by atoms with Crippen LogP contribution in [-0.2, 0) is 9.59 Å². The number of hydrogen-bond acceptors (Lipinski definition) is 7. The molecule has 1 heterocycles. The summed E-state index contributed by atoms with van der Waals surface area (Å²) < 4.78 is 0. The smallest absolute Gasteiger partial charge is 0.292 e. The van der Waals surface area contributed by atoms with E-state index >= 15 is 0 Å². The first-order chi connectivity index (χ1) is 13.9. The number of para-hydroxylation sites is 2. The molecule has 0 unspecified atom stereocenters. The number of nitro benzene ring substituents is 1. The van der Waals surface area contributed by atoms with E-state index in [9.17, 15) is 19.7 Å². The average molecular weight is 411 g/mol. The van der Waals surface area contributed by atoms with Crippen molar-refractivity contribution in [1.29, 1.82) is 0 Å². The molecule has 10 heteroatoms. The number of amidine groups is 1. The Labute approximate surface area is 170 Å². The summed E-state index contributed by atoms with van der Waals surface area (Å²) >= 11 is 1.09. The van der Waals surface area contributed by atoms with E-state index in [1.165, 1.54) is 18.2 Å². The molecule has 2 aromatic carbocycles. The van der Waals surface area contributed by atoms with Gasteiger partial charge in [0.15, 0.2) is 5.17 Å². The van der Waals surface area contributed by atoms with Gasteiger partial charge in [0.25, 0.3) is 5.69 Å². The highest BCUT2D eigenvalue weighted by Gasteiger charge is 2.32. The molecule has 0 saturated carbocycles. The second-order valence-electron chi connectivity index (χ2n) is 6.08. The maximum atomic E-state index is 12.3. The fraction of sp³-hybridized carbons (Fsp3) is 0.158. The van der Waals surface area contributed by atoms with Crippen LogP contribution in [0.15, 0.2) is 64.8 Å². The zero-order valence-corrected chi connectivity index (χ0v) is 16.2. The van der Waals surface area contributed by atoms with Crippen LogP contribution in [0.5, 0.6) is 0 Å². The standard InChI is InChI=1S/C19H17N5O4S/c1-12(13-7-3-2-4-8-13)22-23-19-21-18(26)16(29-19)11-17(25)20-14-9-5-6-10-15(14)24(27)28/h2-10,16H,11H2,1H3,(H,20,25)(H,21,23,26)/b22-12-/t16-/m1/s1. The second kappa shape index (κ2) is 9.11. The minimum atomic E-state index is -0.691. The quantitative estimate of drug-likeness (QED) is 0.429. The first-order valence-corrected chi connectivity index (χ1v) is 9.50. The molecule has 0 aromatic heterocycles. The van der Waals surface area contributed by atoms with Gasteiger partial charge in [-0.1, -0.05) is 54.2 Å². The molecular formula is C19H17N5O4S. The third-order valence-electron chi connectivity index (χ3n) is 4.00. The summed E-state index contributed by atoms with van der Waals surface area (Å²) in [5.74, 6) is -0.865. The first-order valence-electron chi connectivity index (χ1n) is 8.62. The zero-order valence-electron chi connectivity index (χ0n) is 15.4. The van der Waals surface area contributed by atoms with Gasteiger partial charge in [-0.05, 0) is 18.6 Å². The second-order valence-corrected chi connectivity index (χ2v) is 7.27. The highest BCUT2D eigenvalue weighted by molar-refractivity contribution is 8.15. The molecule has 2 amide bonds. The van der Waals surface area contributed by atoms with Crippen LogP contribution >= 0.6 is 11.8 Å². The number of amides is 2. The third kappa shape index (κ3) is 5.26. The van der Waals surface area contributed by atoms with Gasteiger partial charge in [-0.3, -0.25) is 19.7 Å². The number of rotatable bonds is 6. The van der Waals surface area contributed by atoms with E-state index in [-0.39, 0.29) is 23.7 Å². The Balaban J connectivity index is 1.62. The molecular weight excluding hydrogens is 394 g/mol. The van der Waals surface area contributed by atoms with Crippen molar-refractivity contribution in [1.82, 2.24) is 5.32 Å². The van der Waals surface area contributed by atoms with Crippen LogP contribution in [0.2, 0.25) is 0 Å². The molecule has 1 atom stereocenters. The van der Waals surface area contributed by atoms with Crippen LogP contribution in [0, 0.1) is 10.1 Å². The maximum absolute atomic E-state index is 12.3. The Morgan fingerprint density at radius 1 is 1.21 bits per heavy atom. The van der Waals surface area contributed by atoms with Crippen LogP contribution in [0.1, 0.15) is 18.9 Å². The summed E-state index contributed by atoms with van der Waals surface area (Å²) in [4.78, 5) is 34.8. The van der Waals surface area contributed by atoms with Crippen molar-refractivity contribution in [3.8, 4) is 0 Å². The average Bonchev–Trinajstić information content (AvgIpc) is 3.06. The van der Waals surface area contributed by atoms with Gasteiger partial charge in [0, 0.05) is 12.5 Å². The summed E-state index contributed by atoms with van der Waals surface area (Å²) in [5, 5.41) is 23.9. The van der Waals surface area contributed by atoms with Crippen LogP contribution in [0.3, 0.4) is 0 Å². The van der Waals surface area contributed by atoms with E-state index in [4.69, 9.17) is 0 Å². The summed E-state index contributed by atoms with van der Waals surface area (Å²) in [6.07, 6.45) is -0.150. The van der Waals surface area contributed by atoms with E-state index in [1.807, 2.05) is 30.3 Å². The van der Waals surface area contributed by atoms with E-state index in [1.54, 1.807) is 13.0 Å². The monoisotopic (exact) mass is 411 g/mol. The molecule has 2 N–H and O–H groups in total. The Hall–Kier alpha value is -3.53. The predicted molar refractivity (Wildman–Crippen MR) is 112 cm³/mol. The minimum absolute atomic E-state index is 0.0860. The lowest BCUT2D eigenvalue weighted by Crippen LogP contribution is -2.28. The Bertz CT molecular complexity index is 1010. The molecule has 9 nitrogen and oxygen atoms in total. The molecule has 0 radical (unpaired) electrons. The Morgan fingerprint density at radius 2 is 1.90 bits per heavy atom. The predicted octanol–water partition coefficient (Wildman–Crippen LogP) is 2.94. The number of nitrogens with one attached hydrogen (secondary N) is 2. The van der Waals surface area contributed by atoms with Gasteiger partial charge in [0.1, 0.15) is 10.9 Å². The van der Waals surface area contributed by atoms with Gasteiger partial charge in [-0.25, -0.2) is 0 Å². The lowest BCUT2D eigenvalue weighted by atomic mass is 10.1. The third-order valence-corrected chi connectivity index (χ3v) is 5.08. The number of thioether (sulfide) groups is 1. The van der Waals surface area contributed by atoms with E-state index in [0.717, 1.165) is 17.3 Å². The molecule has 2 aromatic rings. The molecule has 1 saturated heterocycles. The van der Waals surface area contributed by atoms with E-state index < -0.39 is 16.1 Å². The van der Waals surface area contributed by atoms with Gasteiger partial charge in [-0.15, -0.1) is 5.10 Å². The van der Waals surface area contributed by atoms with Gasteiger partial charge >= 0.3 is 0 Å². The van der Waals surface area contributed by atoms with Crippen molar-refractivity contribution in [2.45, 2.75) is 18.6 Å². The first kappa shape index (κ1) is 20.2. The zero-order chi connectivity index (χ0) is 20.8. The van der Waals surface area contributed by atoms with Crippen molar-refractivity contribution in [2.75, 3.05) is 5.32 Å². The Morgan fingerprint density at radius 3 is 2.62 bits per heavy atom. The highest BCUT2D eigenvalue weighted by atomic mass is 32.2. The summed E-state index contributed by atoms with van der Waals surface area (Å²) in [7, 11) is 0. The van der Waals surface area contributed by atoms with Crippen molar-refractivity contribution in [2.24, 2.45) is 10.2 Å². The van der Waals surface area contributed by atoms with Crippen LogP contribution in [-0.4, -0.2) is 32.9 Å². The van der Waals surface area contributed by atoms with E-state index in [0.29, 0.717) is 10.9 Å². The SMILES string of the molecule is C/C(=N/N=C1\NC(=O)[C@@H](CC(=O)Nc2ccccc2[N+](=O)[O-])S1)c1ccccc1. The van der Waals surface area contributed by atoms with Crippen molar-refractivity contribution >= 4 is 45.8 Å². The highest BCUT2D eigenvalue weighted by Crippen LogP contribution is 2.26. The number of benzene rings is 2. The van der Waals surface area contributed by atoms with Gasteiger partial charge in [-0.2, -0.15) is 5.10 Å². The largest absolute Gasteiger partial charge is 0.320 e. The number of anilines is 1. The van der Waals surface area contributed by atoms with Gasteiger partial charge in [0.2, 0.25) is 11.8 Å². The minimum Gasteiger partial charge on any atom is -0.320 e. The molecule has 0 bridgehead atoms. The summed E-state index contributed by atoms with van der Waals surface area (Å²) in [6.45, 7) is 1.80. The molecule has 1 fully saturated rings. The van der Waals surface area contributed by atoms with Crippen molar-refractivity contribution in [3.63, 3.8) is 0 Å². The van der Waals surface area contributed by atoms with Crippen LogP contribution < -0.4 is 10.6 Å². The van der Waals surface area contributed by atoms with Crippen molar-refractivity contribution in [3.05, 3.63) is 70.3 Å². The lowest BCUT2D eigenvalue weighted by molar-refractivity contribution is -0.383. The molecule has 1 aliphatic heterocycles. The number of carbonyl (C=O) groups excluding carboxylic acids is 2. The molecule has 0 spiro atoms. The lowest BCUT2D eigenvalue weighted by Gasteiger charge is -2.07. The Kier molecular flexibility index (Phi) is 6.35. The molecule has 0 aliphatic carbocycles. The number of hydrogen-bond donors (Lipinski definition) is 2. The van der Waals surface area contributed by atoms with E-state index in [2.05, 4.69) is 20.8 Å². The molecule has 3 rings (SSSR count). The number of nitro groups is 1. The summed E-state index contributed by atoms with van der Waals surface area (Å²) in [5.41, 5.74) is 1.47. The fourth-order valence-electron chi connectivity index (χ4n) is 2.55. The molecule has 1 aliphatic rings. The van der Waals surface area contributed by atoms with Crippen molar-refractivity contribution < 1.29 is 14.5 Å². The number of carbonyl (C=O) groups is 2. The fourth-order valence-corrected chi connectivity index (χ4v) is 3.47. The molecule has 148 valence electrons. The topological polar surface area (TPSA) is 126 Å². The maximum Gasteiger partial charge on any atom is 0.292 e. The van der Waals surface area contributed by atoms with Crippen LogP contribution in [0.4, 0.5) is 11.4 Å². The van der Waals surface area contributed by atoms with Gasteiger partial charge in [0.05, 0.1) is 10.6 Å². The normalized spacial score (nSPS) is 17.8.